The first-order valence-corrected chi connectivity index (χ1v) is 7.75. The fraction of sp³-hybridized carbons (Fsp3) is 0.500. The number of halogens is 4. The third kappa shape index (κ3) is 5.90. The number of likely N-dealkylation sites (tertiary alicyclic amines) is 1. The minimum absolute atomic E-state index is 0.111. The van der Waals surface area contributed by atoms with E-state index in [1.807, 2.05) is 6.07 Å². The predicted octanol–water partition coefficient (Wildman–Crippen LogP) is 2.00. The van der Waals surface area contributed by atoms with Crippen molar-refractivity contribution in [3.05, 3.63) is 35.1 Å². The zero-order valence-electron chi connectivity index (χ0n) is 13.7. The Bertz CT molecular complexity index is 665. The van der Waals surface area contributed by atoms with Gasteiger partial charge in [-0.25, -0.2) is 4.39 Å². The number of nitrogens with zero attached hydrogens (tertiary/aromatic N) is 3. The number of rotatable bonds is 4. The highest BCUT2D eigenvalue weighted by Crippen LogP contribution is 2.20. The van der Waals surface area contributed by atoms with Crippen molar-refractivity contribution in [3.63, 3.8) is 0 Å². The van der Waals surface area contributed by atoms with Crippen LogP contribution >= 0.6 is 0 Å². The van der Waals surface area contributed by atoms with Crippen LogP contribution in [0.4, 0.5) is 17.6 Å². The van der Waals surface area contributed by atoms with Gasteiger partial charge < -0.3 is 10.6 Å². The van der Waals surface area contributed by atoms with Crippen molar-refractivity contribution in [2.75, 3.05) is 26.7 Å². The number of nitriles is 1. The van der Waals surface area contributed by atoms with Gasteiger partial charge in [0, 0.05) is 38.3 Å². The maximum absolute atomic E-state index is 13.8. The van der Waals surface area contributed by atoms with Crippen molar-refractivity contribution in [1.29, 1.82) is 5.26 Å². The number of alkyl halides is 3. The summed E-state index contributed by atoms with van der Waals surface area (Å²) in [6.07, 6.45) is -3.65. The molecule has 0 aromatic heterocycles. The summed E-state index contributed by atoms with van der Waals surface area (Å²) >= 11 is 0. The van der Waals surface area contributed by atoms with E-state index in [4.69, 9.17) is 5.26 Å². The average Bonchev–Trinajstić information content (AvgIpc) is 2.97. The fourth-order valence-corrected chi connectivity index (χ4v) is 2.69. The van der Waals surface area contributed by atoms with E-state index >= 15 is 0 Å². The van der Waals surface area contributed by atoms with Gasteiger partial charge in [0.2, 0.25) is 0 Å². The Labute approximate surface area is 143 Å². The molecule has 1 aromatic carbocycles. The van der Waals surface area contributed by atoms with Crippen molar-refractivity contribution < 1.29 is 17.6 Å². The van der Waals surface area contributed by atoms with E-state index in [1.165, 1.54) is 30.1 Å². The SMILES string of the molecule is CN=C(NCc1cc(C#N)ccc1F)NC1CCN(CC(F)(F)F)C1. The van der Waals surface area contributed by atoms with Crippen LogP contribution in [0.5, 0.6) is 0 Å². The first-order valence-electron chi connectivity index (χ1n) is 7.75. The average molecular weight is 357 g/mol. The van der Waals surface area contributed by atoms with Crippen LogP contribution < -0.4 is 10.6 Å². The smallest absolute Gasteiger partial charge is 0.352 e. The highest BCUT2D eigenvalue weighted by atomic mass is 19.4. The standard InChI is InChI=1S/C16H19F4N5/c1-22-15(23-8-12-6-11(7-21)2-3-14(12)17)24-13-4-5-25(9-13)10-16(18,19)20/h2-3,6,13H,4-5,8-10H2,1H3,(H2,22,23,24). The molecule has 2 rings (SSSR count). The van der Waals surface area contributed by atoms with Crippen molar-refractivity contribution in [1.82, 2.24) is 15.5 Å². The highest BCUT2D eigenvalue weighted by Gasteiger charge is 2.34. The molecule has 25 heavy (non-hydrogen) atoms. The normalized spacial score (nSPS) is 18.9. The molecule has 5 nitrogen and oxygen atoms in total. The maximum atomic E-state index is 13.8. The molecule has 136 valence electrons. The van der Waals surface area contributed by atoms with E-state index in [0.29, 0.717) is 30.1 Å². The molecule has 1 heterocycles. The van der Waals surface area contributed by atoms with Crippen molar-refractivity contribution >= 4 is 5.96 Å². The van der Waals surface area contributed by atoms with Gasteiger partial charge in [0.25, 0.3) is 0 Å². The Kier molecular flexibility index (Phi) is 6.20. The van der Waals surface area contributed by atoms with Gasteiger partial charge in [-0.1, -0.05) is 0 Å². The van der Waals surface area contributed by atoms with Crippen LogP contribution in [0.2, 0.25) is 0 Å². The van der Waals surface area contributed by atoms with E-state index in [2.05, 4.69) is 15.6 Å². The molecule has 1 aromatic rings. The van der Waals surface area contributed by atoms with Crippen LogP contribution in [0.15, 0.2) is 23.2 Å². The second-order valence-corrected chi connectivity index (χ2v) is 5.82. The van der Waals surface area contributed by atoms with E-state index in [0.717, 1.165) is 0 Å². The van der Waals surface area contributed by atoms with Gasteiger partial charge in [0.05, 0.1) is 18.2 Å². The summed E-state index contributed by atoms with van der Waals surface area (Å²) in [5, 5.41) is 14.8. The molecular formula is C16H19F4N5. The molecule has 0 spiro atoms. The largest absolute Gasteiger partial charge is 0.401 e. The zero-order chi connectivity index (χ0) is 18.4. The quantitative estimate of drug-likeness (QED) is 0.492. The number of guanidine groups is 1. The van der Waals surface area contributed by atoms with E-state index in [-0.39, 0.29) is 19.1 Å². The van der Waals surface area contributed by atoms with Crippen LogP contribution in [0.25, 0.3) is 0 Å². The Morgan fingerprint density at radius 2 is 2.20 bits per heavy atom. The number of aliphatic imine (C=N–C) groups is 1. The maximum Gasteiger partial charge on any atom is 0.401 e. The summed E-state index contributed by atoms with van der Waals surface area (Å²) in [4.78, 5) is 5.34. The van der Waals surface area contributed by atoms with Crippen LogP contribution in [0, 0.1) is 17.1 Å². The molecule has 2 N–H and O–H groups in total. The lowest BCUT2D eigenvalue weighted by Gasteiger charge is -2.20. The van der Waals surface area contributed by atoms with Crippen LogP contribution in [0.3, 0.4) is 0 Å². The van der Waals surface area contributed by atoms with Gasteiger partial charge in [0.1, 0.15) is 5.82 Å². The summed E-state index contributed by atoms with van der Waals surface area (Å²) in [6, 6.07) is 5.83. The van der Waals surface area contributed by atoms with Crippen LogP contribution in [-0.4, -0.2) is 49.8 Å². The van der Waals surface area contributed by atoms with Gasteiger partial charge in [-0.15, -0.1) is 0 Å². The summed E-state index contributed by atoms with van der Waals surface area (Å²) < 4.78 is 51.0. The van der Waals surface area contributed by atoms with Gasteiger partial charge in [-0.05, 0) is 24.6 Å². The minimum atomic E-state index is -4.21. The van der Waals surface area contributed by atoms with Crippen molar-refractivity contribution in [3.8, 4) is 6.07 Å². The van der Waals surface area contributed by atoms with Crippen LogP contribution in [-0.2, 0) is 6.54 Å². The molecule has 0 aliphatic carbocycles. The lowest BCUT2D eigenvalue weighted by Crippen LogP contribution is -2.45. The lowest BCUT2D eigenvalue weighted by molar-refractivity contribution is -0.143. The molecule has 1 fully saturated rings. The van der Waals surface area contributed by atoms with Crippen molar-refractivity contribution in [2.24, 2.45) is 4.99 Å². The number of benzene rings is 1. The molecule has 1 aliphatic heterocycles. The molecule has 1 unspecified atom stereocenters. The topological polar surface area (TPSA) is 63.5 Å². The molecule has 1 aliphatic rings. The first kappa shape index (κ1) is 19.0. The zero-order valence-corrected chi connectivity index (χ0v) is 13.7. The summed E-state index contributed by atoms with van der Waals surface area (Å²) in [7, 11) is 1.53. The van der Waals surface area contributed by atoms with Gasteiger partial charge in [-0.2, -0.15) is 18.4 Å². The van der Waals surface area contributed by atoms with Gasteiger partial charge >= 0.3 is 6.18 Å². The number of hydrogen-bond donors (Lipinski definition) is 2. The molecule has 0 saturated carbocycles. The summed E-state index contributed by atoms with van der Waals surface area (Å²) in [5.74, 6) is -0.0696. The Balaban J connectivity index is 1.87. The van der Waals surface area contributed by atoms with Gasteiger partial charge in [-0.3, -0.25) is 9.89 Å². The highest BCUT2D eigenvalue weighted by molar-refractivity contribution is 5.80. The molecule has 0 radical (unpaired) electrons. The fourth-order valence-electron chi connectivity index (χ4n) is 2.69. The molecular weight excluding hydrogens is 338 g/mol. The summed E-state index contributed by atoms with van der Waals surface area (Å²) in [6.45, 7) is -0.200. The molecule has 1 saturated heterocycles. The molecule has 0 bridgehead atoms. The number of hydrogen-bond acceptors (Lipinski definition) is 3. The third-order valence-corrected chi connectivity index (χ3v) is 3.86. The molecule has 1 atom stereocenters. The lowest BCUT2D eigenvalue weighted by atomic mass is 10.1. The monoisotopic (exact) mass is 357 g/mol. The Morgan fingerprint density at radius 1 is 1.44 bits per heavy atom. The number of nitrogens with one attached hydrogen (secondary N) is 2. The van der Waals surface area contributed by atoms with Gasteiger partial charge in [0.15, 0.2) is 5.96 Å². The minimum Gasteiger partial charge on any atom is -0.352 e. The van der Waals surface area contributed by atoms with E-state index in [1.54, 1.807) is 0 Å². The summed E-state index contributed by atoms with van der Waals surface area (Å²) in [5.41, 5.74) is 0.659. The van der Waals surface area contributed by atoms with E-state index in [9.17, 15) is 17.6 Å². The second kappa shape index (κ2) is 8.16. The molecule has 0 amide bonds. The third-order valence-electron chi connectivity index (χ3n) is 3.86. The Morgan fingerprint density at radius 3 is 2.84 bits per heavy atom. The van der Waals surface area contributed by atoms with E-state index < -0.39 is 18.5 Å². The second-order valence-electron chi connectivity index (χ2n) is 5.82. The first-order chi connectivity index (χ1) is 11.8. The Hall–Kier alpha value is -2.34. The predicted molar refractivity (Wildman–Crippen MR) is 85.3 cm³/mol. The van der Waals surface area contributed by atoms with Crippen LogP contribution in [0.1, 0.15) is 17.5 Å². The van der Waals surface area contributed by atoms with Crippen molar-refractivity contribution in [2.45, 2.75) is 25.2 Å². The molecule has 9 heteroatoms.